The van der Waals surface area contributed by atoms with Crippen molar-refractivity contribution in [3.05, 3.63) is 0 Å². The van der Waals surface area contributed by atoms with Gasteiger partial charge in [0.15, 0.2) is 0 Å². The first-order chi connectivity index (χ1) is 4.12. The second-order valence-electron chi connectivity index (χ2n) is 1.21. The van der Waals surface area contributed by atoms with E-state index in [0.717, 1.165) is 0 Å². The van der Waals surface area contributed by atoms with Crippen LogP contribution in [0.15, 0.2) is 0 Å². The molecule has 0 aliphatic heterocycles. The number of sulfone groups is 1. The van der Waals surface area contributed by atoms with Crippen molar-refractivity contribution >= 4 is 9.84 Å². The Labute approximate surface area is 55.2 Å². The summed E-state index contributed by atoms with van der Waals surface area (Å²) in [5.74, 6) is 4.50. The standard InChI is InChI=1S/C6H6O2S/c1-3-5-9(7,8)6-4-2/h1-2H3. The van der Waals surface area contributed by atoms with Gasteiger partial charge in [0.25, 0.3) is 9.84 Å². The summed E-state index contributed by atoms with van der Waals surface area (Å²) in [5, 5.41) is 3.94. The van der Waals surface area contributed by atoms with Gasteiger partial charge in [-0.1, -0.05) is 11.8 Å². The van der Waals surface area contributed by atoms with Crippen LogP contribution in [0.5, 0.6) is 0 Å². The van der Waals surface area contributed by atoms with Crippen LogP contribution < -0.4 is 0 Å². The van der Waals surface area contributed by atoms with E-state index in [2.05, 4.69) is 11.8 Å². The van der Waals surface area contributed by atoms with Crippen LogP contribution in [0.3, 0.4) is 0 Å². The van der Waals surface area contributed by atoms with E-state index in [1.165, 1.54) is 13.8 Å². The van der Waals surface area contributed by atoms with Crippen LogP contribution >= 0.6 is 0 Å². The topological polar surface area (TPSA) is 34.1 Å². The zero-order valence-corrected chi connectivity index (χ0v) is 6.04. The maximum atomic E-state index is 10.5. The summed E-state index contributed by atoms with van der Waals surface area (Å²) >= 11 is 0. The van der Waals surface area contributed by atoms with Gasteiger partial charge in [0.1, 0.15) is 0 Å². The van der Waals surface area contributed by atoms with Crippen molar-refractivity contribution in [3.8, 4) is 22.3 Å². The van der Waals surface area contributed by atoms with Crippen LogP contribution in [-0.2, 0) is 9.84 Å². The van der Waals surface area contributed by atoms with Gasteiger partial charge in [-0.05, 0) is 13.8 Å². The molecule has 0 aromatic carbocycles. The Kier molecular flexibility index (Phi) is 2.84. The summed E-state index contributed by atoms with van der Waals surface area (Å²) in [4.78, 5) is 0. The normalized spacial score (nSPS) is 8.22. The summed E-state index contributed by atoms with van der Waals surface area (Å²) in [6.45, 7) is 2.91. The maximum absolute atomic E-state index is 10.5. The molecule has 0 aliphatic rings. The lowest BCUT2D eigenvalue weighted by atomic mass is 10.8. The van der Waals surface area contributed by atoms with E-state index in [-0.39, 0.29) is 0 Å². The van der Waals surface area contributed by atoms with E-state index in [0.29, 0.717) is 0 Å². The van der Waals surface area contributed by atoms with E-state index in [9.17, 15) is 8.42 Å². The average molecular weight is 142 g/mol. The number of hydrogen-bond donors (Lipinski definition) is 0. The summed E-state index contributed by atoms with van der Waals surface area (Å²) in [5.41, 5.74) is 0. The maximum Gasteiger partial charge on any atom is 0.284 e. The number of rotatable bonds is 0. The highest BCUT2D eigenvalue weighted by Crippen LogP contribution is 1.80. The molecule has 0 aliphatic carbocycles. The minimum absolute atomic E-state index is 1.45. The minimum atomic E-state index is -3.40. The SMILES string of the molecule is CC#CS(=O)(=O)C#CC. The van der Waals surface area contributed by atoms with Crippen LogP contribution in [0.2, 0.25) is 0 Å². The van der Waals surface area contributed by atoms with Gasteiger partial charge in [-0.25, -0.2) is 8.42 Å². The molecule has 0 atom stereocenters. The molecule has 0 unspecified atom stereocenters. The van der Waals surface area contributed by atoms with Gasteiger partial charge >= 0.3 is 0 Å². The predicted molar refractivity (Wildman–Crippen MR) is 35.8 cm³/mol. The molecule has 2 nitrogen and oxygen atoms in total. The van der Waals surface area contributed by atoms with Gasteiger partial charge < -0.3 is 0 Å². The summed E-state index contributed by atoms with van der Waals surface area (Å²) in [7, 11) is -3.40. The van der Waals surface area contributed by atoms with Crippen LogP contribution in [0.1, 0.15) is 13.8 Å². The lowest BCUT2D eigenvalue weighted by Gasteiger charge is -1.73. The molecular formula is C6H6O2S. The van der Waals surface area contributed by atoms with E-state index in [4.69, 9.17) is 0 Å². The Balaban J connectivity index is 4.71. The second-order valence-corrected chi connectivity index (χ2v) is 2.62. The van der Waals surface area contributed by atoms with Gasteiger partial charge in [-0.3, -0.25) is 0 Å². The van der Waals surface area contributed by atoms with Crippen LogP contribution in [-0.4, -0.2) is 8.42 Å². The second kappa shape index (κ2) is 3.17. The molecule has 48 valence electrons. The van der Waals surface area contributed by atoms with Crippen molar-refractivity contribution in [2.24, 2.45) is 0 Å². The van der Waals surface area contributed by atoms with Crippen molar-refractivity contribution < 1.29 is 8.42 Å². The van der Waals surface area contributed by atoms with Crippen LogP contribution in [0, 0.1) is 22.3 Å². The minimum Gasteiger partial charge on any atom is -0.202 e. The molecule has 0 amide bonds. The van der Waals surface area contributed by atoms with Crippen molar-refractivity contribution in [2.75, 3.05) is 0 Å². The van der Waals surface area contributed by atoms with E-state index >= 15 is 0 Å². The molecule has 0 saturated heterocycles. The van der Waals surface area contributed by atoms with Crippen LogP contribution in [0.4, 0.5) is 0 Å². The van der Waals surface area contributed by atoms with Gasteiger partial charge in [0.05, 0.1) is 0 Å². The van der Waals surface area contributed by atoms with E-state index in [1.54, 1.807) is 0 Å². The zero-order valence-electron chi connectivity index (χ0n) is 5.22. The van der Waals surface area contributed by atoms with Gasteiger partial charge in [-0.2, -0.15) is 0 Å². The average Bonchev–Trinajstić information content (AvgIpc) is 1.64. The first-order valence-electron chi connectivity index (χ1n) is 2.24. The fourth-order valence-electron chi connectivity index (χ4n) is 0.294. The van der Waals surface area contributed by atoms with Gasteiger partial charge in [0, 0.05) is 10.5 Å². The molecular weight excluding hydrogens is 136 g/mol. The third-order valence-corrected chi connectivity index (χ3v) is 1.42. The molecule has 0 heterocycles. The monoisotopic (exact) mass is 142 g/mol. The molecule has 0 N–H and O–H groups in total. The molecule has 0 aromatic heterocycles. The fraction of sp³-hybridized carbons (Fsp3) is 0.333. The van der Waals surface area contributed by atoms with Crippen molar-refractivity contribution in [1.82, 2.24) is 0 Å². The Morgan fingerprint density at radius 2 is 1.33 bits per heavy atom. The highest BCUT2D eigenvalue weighted by atomic mass is 32.2. The van der Waals surface area contributed by atoms with Crippen LogP contribution in [0.25, 0.3) is 0 Å². The van der Waals surface area contributed by atoms with E-state index in [1.807, 2.05) is 10.5 Å². The lowest BCUT2D eigenvalue weighted by Crippen LogP contribution is -1.87. The number of hydrogen-bond acceptors (Lipinski definition) is 2. The molecule has 9 heavy (non-hydrogen) atoms. The Bertz CT molecular complexity index is 263. The first-order valence-corrected chi connectivity index (χ1v) is 3.72. The molecule has 0 saturated carbocycles. The largest absolute Gasteiger partial charge is 0.284 e. The molecule has 0 rings (SSSR count). The van der Waals surface area contributed by atoms with E-state index < -0.39 is 9.84 Å². The Morgan fingerprint density at radius 1 is 1.00 bits per heavy atom. The Hall–Kier alpha value is -0.930. The zero-order chi connectivity index (χ0) is 7.33. The molecule has 0 aromatic rings. The molecule has 0 bridgehead atoms. The quantitative estimate of drug-likeness (QED) is 0.361. The Morgan fingerprint density at radius 3 is 1.56 bits per heavy atom. The fourth-order valence-corrected chi connectivity index (χ4v) is 0.883. The van der Waals surface area contributed by atoms with Crippen molar-refractivity contribution in [2.45, 2.75) is 13.8 Å². The lowest BCUT2D eigenvalue weighted by molar-refractivity contribution is 0.615. The predicted octanol–water partition coefficient (Wildman–Crippen LogP) is 0.363. The van der Waals surface area contributed by atoms with Gasteiger partial charge in [0.2, 0.25) is 0 Å². The summed E-state index contributed by atoms with van der Waals surface area (Å²) in [6, 6.07) is 0. The molecule has 3 heteroatoms. The highest BCUT2D eigenvalue weighted by molar-refractivity contribution is 8.00. The summed E-state index contributed by atoms with van der Waals surface area (Å²) < 4.78 is 21.0. The smallest absolute Gasteiger partial charge is 0.202 e. The third-order valence-electron chi connectivity index (χ3n) is 0.473. The first kappa shape index (κ1) is 8.07. The molecule has 0 radical (unpaired) electrons. The molecule has 0 fully saturated rings. The molecule has 0 spiro atoms. The van der Waals surface area contributed by atoms with Crippen molar-refractivity contribution in [1.29, 1.82) is 0 Å². The van der Waals surface area contributed by atoms with Gasteiger partial charge in [-0.15, -0.1) is 0 Å². The van der Waals surface area contributed by atoms with Crippen molar-refractivity contribution in [3.63, 3.8) is 0 Å². The highest BCUT2D eigenvalue weighted by Gasteiger charge is 1.94. The summed E-state index contributed by atoms with van der Waals surface area (Å²) in [6.07, 6.45) is 0. The third kappa shape index (κ3) is 3.64.